The van der Waals surface area contributed by atoms with Crippen molar-refractivity contribution in [1.29, 1.82) is 0 Å². The summed E-state index contributed by atoms with van der Waals surface area (Å²) in [6.45, 7) is 0.134. The van der Waals surface area contributed by atoms with Crippen molar-refractivity contribution < 1.29 is 19.1 Å². The van der Waals surface area contributed by atoms with Crippen molar-refractivity contribution in [2.75, 3.05) is 13.7 Å². The van der Waals surface area contributed by atoms with E-state index in [1.807, 2.05) is 24.3 Å². The van der Waals surface area contributed by atoms with Crippen molar-refractivity contribution in [2.45, 2.75) is 31.9 Å². The van der Waals surface area contributed by atoms with E-state index in [9.17, 15) is 9.59 Å². The van der Waals surface area contributed by atoms with Crippen molar-refractivity contribution in [1.82, 2.24) is 5.32 Å². The van der Waals surface area contributed by atoms with Crippen LogP contribution in [0.5, 0.6) is 0 Å². The van der Waals surface area contributed by atoms with Gasteiger partial charge in [-0.15, -0.1) is 0 Å². The fraction of sp³-hybridized carbons (Fsp3) is 0.333. The number of nitrogens with one attached hydrogen (secondary N) is 1. The summed E-state index contributed by atoms with van der Waals surface area (Å²) in [6.07, 6.45) is 2.97. The Hall–Kier alpha value is -2.66. The lowest BCUT2D eigenvalue weighted by atomic mass is 9.88. The third-order valence-electron chi connectivity index (χ3n) is 4.51. The van der Waals surface area contributed by atoms with Crippen LogP contribution >= 0.6 is 0 Å². The first kappa shape index (κ1) is 18.1. The predicted molar refractivity (Wildman–Crippen MR) is 97.7 cm³/mol. The lowest BCUT2D eigenvalue weighted by Crippen LogP contribution is -2.34. The number of benzene rings is 2. The van der Waals surface area contributed by atoms with Gasteiger partial charge in [0.25, 0.3) is 5.91 Å². The van der Waals surface area contributed by atoms with Crippen LogP contribution in [0.4, 0.5) is 0 Å². The van der Waals surface area contributed by atoms with E-state index < -0.39 is 5.97 Å². The zero-order valence-electron chi connectivity index (χ0n) is 14.9. The standard InChI is InChI=1S/C21H23NO4/c1-25-13-15-6-4-9-17(12-15)21(24)26-14-20(23)22-19-11-5-8-16-7-2-3-10-18(16)19/h2-4,6-7,9-10,12,19H,5,8,11,13-14H2,1H3,(H,22,23). The zero-order chi connectivity index (χ0) is 18.4. The lowest BCUT2D eigenvalue weighted by molar-refractivity contribution is -0.125. The number of hydrogen-bond donors (Lipinski definition) is 1. The Morgan fingerprint density at radius 2 is 2.00 bits per heavy atom. The minimum absolute atomic E-state index is 0.0174. The molecule has 26 heavy (non-hydrogen) atoms. The van der Waals surface area contributed by atoms with E-state index in [1.165, 1.54) is 5.56 Å². The average Bonchev–Trinajstić information content (AvgIpc) is 2.67. The summed E-state index contributed by atoms with van der Waals surface area (Å²) in [6, 6.07) is 15.1. The SMILES string of the molecule is COCc1cccc(C(=O)OCC(=O)NC2CCCc3ccccc32)c1. The molecule has 0 spiro atoms. The molecule has 1 aliphatic rings. The predicted octanol–water partition coefficient (Wildman–Crippen LogP) is 3.18. The Bertz CT molecular complexity index is 787. The number of fused-ring (bicyclic) bond motifs is 1. The lowest BCUT2D eigenvalue weighted by Gasteiger charge is -2.26. The molecule has 0 bridgehead atoms. The molecule has 5 heteroatoms. The molecule has 0 saturated carbocycles. The van der Waals surface area contributed by atoms with Gasteiger partial charge >= 0.3 is 5.97 Å². The molecule has 2 aromatic carbocycles. The number of aryl methyl sites for hydroxylation is 1. The smallest absolute Gasteiger partial charge is 0.338 e. The molecule has 0 radical (unpaired) electrons. The fourth-order valence-corrected chi connectivity index (χ4v) is 3.31. The van der Waals surface area contributed by atoms with Crippen molar-refractivity contribution in [2.24, 2.45) is 0 Å². The van der Waals surface area contributed by atoms with Gasteiger partial charge in [0, 0.05) is 7.11 Å². The summed E-state index contributed by atoms with van der Waals surface area (Å²) < 4.78 is 10.2. The molecule has 0 heterocycles. The number of methoxy groups -OCH3 is 1. The van der Waals surface area contributed by atoms with E-state index >= 15 is 0 Å². The van der Waals surface area contributed by atoms with E-state index in [2.05, 4.69) is 11.4 Å². The van der Waals surface area contributed by atoms with Gasteiger partial charge in [0.15, 0.2) is 6.61 Å². The summed E-state index contributed by atoms with van der Waals surface area (Å²) >= 11 is 0. The maximum atomic E-state index is 12.2. The third kappa shape index (κ3) is 4.49. The Balaban J connectivity index is 1.55. The number of ether oxygens (including phenoxy) is 2. The van der Waals surface area contributed by atoms with Crippen LogP contribution in [-0.2, 0) is 27.3 Å². The molecule has 2 aromatic rings. The Kier molecular flexibility index (Phi) is 6.02. The molecular formula is C21H23NO4. The van der Waals surface area contributed by atoms with Crippen molar-refractivity contribution in [3.8, 4) is 0 Å². The number of amides is 1. The minimum Gasteiger partial charge on any atom is -0.452 e. The molecule has 5 nitrogen and oxygen atoms in total. The molecule has 0 fully saturated rings. The first-order chi connectivity index (χ1) is 12.7. The minimum atomic E-state index is -0.512. The number of esters is 1. The van der Waals surface area contributed by atoms with Gasteiger partial charge in [-0.05, 0) is 48.1 Å². The van der Waals surface area contributed by atoms with Crippen molar-refractivity contribution >= 4 is 11.9 Å². The monoisotopic (exact) mass is 353 g/mol. The molecule has 1 amide bonds. The van der Waals surface area contributed by atoms with Gasteiger partial charge < -0.3 is 14.8 Å². The van der Waals surface area contributed by atoms with E-state index in [1.54, 1.807) is 25.3 Å². The molecule has 1 atom stereocenters. The van der Waals surface area contributed by atoms with Gasteiger partial charge in [0.2, 0.25) is 0 Å². The summed E-state index contributed by atoms with van der Waals surface area (Å²) in [5, 5.41) is 2.98. The second-order valence-corrected chi connectivity index (χ2v) is 6.42. The highest BCUT2D eigenvalue weighted by atomic mass is 16.5. The van der Waals surface area contributed by atoms with Crippen molar-refractivity contribution in [3.05, 3.63) is 70.8 Å². The van der Waals surface area contributed by atoms with Crippen LogP contribution < -0.4 is 5.32 Å². The second-order valence-electron chi connectivity index (χ2n) is 6.42. The summed E-state index contributed by atoms with van der Waals surface area (Å²) in [5.74, 6) is -0.796. The van der Waals surface area contributed by atoms with Crippen LogP contribution in [0.15, 0.2) is 48.5 Å². The molecule has 136 valence electrons. The third-order valence-corrected chi connectivity index (χ3v) is 4.51. The van der Waals surface area contributed by atoms with Gasteiger partial charge in [-0.25, -0.2) is 4.79 Å². The molecule has 1 N–H and O–H groups in total. The summed E-state index contributed by atoms with van der Waals surface area (Å²) in [4.78, 5) is 24.4. The van der Waals surface area contributed by atoms with E-state index in [0.29, 0.717) is 12.2 Å². The Morgan fingerprint density at radius 3 is 2.85 bits per heavy atom. The van der Waals surface area contributed by atoms with Crippen LogP contribution in [0.2, 0.25) is 0 Å². The average molecular weight is 353 g/mol. The highest BCUT2D eigenvalue weighted by Gasteiger charge is 2.21. The molecular weight excluding hydrogens is 330 g/mol. The van der Waals surface area contributed by atoms with Gasteiger partial charge in [-0.2, -0.15) is 0 Å². The number of carbonyl (C=O) groups is 2. The molecule has 0 saturated heterocycles. The second kappa shape index (κ2) is 8.63. The Labute approximate surface area is 153 Å². The molecule has 3 rings (SSSR count). The number of hydrogen-bond acceptors (Lipinski definition) is 4. The van der Waals surface area contributed by atoms with Crippen LogP contribution in [0, 0.1) is 0 Å². The Morgan fingerprint density at radius 1 is 1.15 bits per heavy atom. The van der Waals surface area contributed by atoms with Crippen molar-refractivity contribution in [3.63, 3.8) is 0 Å². The number of rotatable bonds is 6. The summed E-state index contributed by atoms with van der Waals surface area (Å²) in [7, 11) is 1.60. The van der Waals surface area contributed by atoms with Crippen LogP contribution in [-0.4, -0.2) is 25.6 Å². The first-order valence-electron chi connectivity index (χ1n) is 8.79. The normalized spacial score (nSPS) is 15.8. The van der Waals surface area contributed by atoms with E-state index in [4.69, 9.17) is 9.47 Å². The van der Waals surface area contributed by atoms with E-state index in [0.717, 1.165) is 30.4 Å². The van der Waals surface area contributed by atoms with Gasteiger partial charge in [-0.3, -0.25) is 4.79 Å². The molecule has 1 unspecified atom stereocenters. The highest BCUT2D eigenvalue weighted by Crippen LogP contribution is 2.29. The first-order valence-corrected chi connectivity index (χ1v) is 8.79. The highest BCUT2D eigenvalue weighted by molar-refractivity contribution is 5.91. The van der Waals surface area contributed by atoms with Gasteiger partial charge in [-0.1, -0.05) is 36.4 Å². The topological polar surface area (TPSA) is 64.6 Å². The molecule has 0 aliphatic heterocycles. The quantitative estimate of drug-likeness (QED) is 0.810. The largest absolute Gasteiger partial charge is 0.452 e. The zero-order valence-corrected chi connectivity index (χ0v) is 14.9. The van der Waals surface area contributed by atoms with Crippen LogP contribution in [0.1, 0.15) is 45.9 Å². The van der Waals surface area contributed by atoms with Crippen LogP contribution in [0.25, 0.3) is 0 Å². The maximum Gasteiger partial charge on any atom is 0.338 e. The molecule has 0 aromatic heterocycles. The van der Waals surface area contributed by atoms with Crippen LogP contribution in [0.3, 0.4) is 0 Å². The fourth-order valence-electron chi connectivity index (χ4n) is 3.31. The molecule has 1 aliphatic carbocycles. The van der Waals surface area contributed by atoms with Gasteiger partial charge in [0.05, 0.1) is 18.2 Å². The number of carbonyl (C=O) groups excluding carboxylic acids is 2. The van der Waals surface area contributed by atoms with E-state index in [-0.39, 0.29) is 18.6 Å². The van der Waals surface area contributed by atoms with Gasteiger partial charge in [0.1, 0.15) is 0 Å². The summed E-state index contributed by atoms with van der Waals surface area (Å²) in [5.41, 5.74) is 3.72. The maximum absolute atomic E-state index is 12.2.